The highest BCUT2D eigenvalue weighted by atomic mass is 16.5. The van der Waals surface area contributed by atoms with E-state index in [-0.39, 0.29) is 0 Å². The molecule has 0 spiro atoms. The molecular weight excluding hydrogens is 340 g/mol. The average molecular weight is 364 g/mol. The van der Waals surface area contributed by atoms with Crippen molar-refractivity contribution < 1.29 is 9.47 Å². The Hall–Kier alpha value is -3.28. The number of aromatic nitrogens is 2. The van der Waals surface area contributed by atoms with Gasteiger partial charge in [0.1, 0.15) is 17.3 Å². The highest BCUT2D eigenvalue weighted by Gasteiger charge is 2.07. The second-order valence-corrected chi connectivity index (χ2v) is 6.36. The number of methoxy groups -OCH3 is 2. The van der Waals surface area contributed by atoms with E-state index in [9.17, 15) is 0 Å². The molecule has 0 atom stereocenters. The lowest BCUT2D eigenvalue weighted by atomic mass is 10.0. The van der Waals surface area contributed by atoms with Crippen molar-refractivity contribution in [3.8, 4) is 11.5 Å². The van der Waals surface area contributed by atoms with Gasteiger partial charge in [-0.1, -0.05) is 26.0 Å². The third-order valence-electron chi connectivity index (χ3n) is 4.16. The normalized spacial score (nSPS) is 10.6. The van der Waals surface area contributed by atoms with E-state index in [1.165, 1.54) is 5.56 Å². The van der Waals surface area contributed by atoms with Crippen molar-refractivity contribution >= 4 is 23.1 Å². The zero-order valence-corrected chi connectivity index (χ0v) is 16.0. The minimum atomic E-state index is 0.502. The van der Waals surface area contributed by atoms with Crippen LogP contribution < -0.4 is 20.1 Å². The number of nitrogens with one attached hydrogen (secondary N) is 2. The molecule has 1 aromatic heterocycles. The highest BCUT2D eigenvalue weighted by Crippen LogP contribution is 2.31. The van der Waals surface area contributed by atoms with E-state index in [2.05, 4.69) is 46.6 Å². The van der Waals surface area contributed by atoms with Crippen LogP contribution >= 0.6 is 0 Å². The van der Waals surface area contributed by atoms with E-state index in [1.807, 2.05) is 30.3 Å². The third-order valence-corrected chi connectivity index (χ3v) is 4.16. The summed E-state index contributed by atoms with van der Waals surface area (Å²) in [6, 6.07) is 15.7. The standard InChI is InChI=1S/C21H24N4O2/c1-14(2)15-5-7-16(8-6-15)23-21-22-12-11-20(25-21)24-18-10-9-17(26-3)13-19(18)27-4/h5-14H,1-4H3,(H2,22,23,24,25). The molecule has 0 bridgehead atoms. The van der Waals surface area contributed by atoms with Crippen LogP contribution in [-0.4, -0.2) is 24.2 Å². The van der Waals surface area contributed by atoms with E-state index in [4.69, 9.17) is 9.47 Å². The number of ether oxygens (including phenoxy) is 2. The average Bonchev–Trinajstić information content (AvgIpc) is 2.69. The molecule has 27 heavy (non-hydrogen) atoms. The first-order valence-electron chi connectivity index (χ1n) is 8.78. The highest BCUT2D eigenvalue weighted by molar-refractivity contribution is 5.66. The molecule has 0 unspecified atom stereocenters. The molecule has 6 heteroatoms. The second-order valence-electron chi connectivity index (χ2n) is 6.36. The molecule has 0 aliphatic heterocycles. The SMILES string of the molecule is COc1ccc(Nc2ccnc(Nc3ccc(C(C)C)cc3)n2)c(OC)c1. The number of nitrogens with zero attached hydrogens (tertiary/aromatic N) is 2. The Balaban J connectivity index is 1.76. The number of hydrogen-bond acceptors (Lipinski definition) is 6. The number of hydrogen-bond donors (Lipinski definition) is 2. The lowest BCUT2D eigenvalue weighted by Crippen LogP contribution is -2.01. The number of rotatable bonds is 7. The summed E-state index contributed by atoms with van der Waals surface area (Å²) >= 11 is 0. The van der Waals surface area contributed by atoms with Gasteiger partial charge in [0.25, 0.3) is 0 Å². The molecule has 0 aliphatic carbocycles. The summed E-state index contributed by atoms with van der Waals surface area (Å²) < 4.78 is 10.6. The molecule has 3 rings (SSSR count). The van der Waals surface area contributed by atoms with Crippen LogP contribution in [0.25, 0.3) is 0 Å². The summed E-state index contributed by atoms with van der Waals surface area (Å²) in [5.74, 6) is 3.08. The number of benzene rings is 2. The summed E-state index contributed by atoms with van der Waals surface area (Å²) in [7, 11) is 3.24. The van der Waals surface area contributed by atoms with Crippen molar-refractivity contribution in [2.45, 2.75) is 19.8 Å². The predicted octanol–water partition coefficient (Wildman–Crippen LogP) is 5.10. The van der Waals surface area contributed by atoms with Gasteiger partial charge in [-0.25, -0.2) is 4.98 Å². The second kappa shape index (κ2) is 8.40. The van der Waals surface area contributed by atoms with Crippen LogP contribution in [0.15, 0.2) is 54.7 Å². The summed E-state index contributed by atoms with van der Waals surface area (Å²) in [6.45, 7) is 4.35. The Morgan fingerprint density at radius 1 is 0.889 bits per heavy atom. The first-order chi connectivity index (χ1) is 13.1. The molecule has 140 valence electrons. The lowest BCUT2D eigenvalue weighted by molar-refractivity contribution is 0.395. The molecule has 3 aromatic rings. The summed E-state index contributed by atoms with van der Waals surface area (Å²) in [5, 5.41) is 6.48. The van der Waals surface area contributed by atoms with E-state index >= 15 is 0 Å². The first kappa shape index (κ1) is 18.5. The van der Waals surface area contributed by atoms with E-state index in [0.717, 1.165) is 17.1 Å². The van der Waals surface area contributed by atoms with Crippen LogP contribution in [0.1, 0.15) is 25.3 Å². The third kappa shape index (κ3) is 4.67. The quantitative estimate of drug-likeness (QED) is 0.607. The molecule has 0 fully saturated rings. The fourth-order valence-corrected chi connectivity index (χ4v) is 2.61. The van der Waals surface area contributed by atoms with Gasteiger partial charge in [-0.05, 0) is 41.8 Å². The molecule has 0 saturated heterocycles. The molecule has 2 aromatic carbocycles. The monoisotopic (exact) mass is 364 g/mol. The Morgan fingerprint density at radius 3 is 2.33 bits per heavy atom. The Labute approximate surface area is 159 Å². The summed E-state index contributed by atoms with van der Waals surface area (Å²) in [5.41, 5.74) is 3.03. The van der Waals surface area contributed by atoms with Crippen molar-refractivity contribution in [3.63, 3.8) is 0 Å². The molecule has 0 amide bonds. The van der Waals surface area contributed by atoms with E-state index in [1.54, 1.807) is 26.5 Å². The van der Waals surface area contributed by atoms with Gasteiger partial charge in [-0.3, -0.25) is 0 Å². The van der Waals surface area contributed by atoms with Gasteiger partial charge in [-0.15, -0.1) is 0 Å². The zero-order chi connectivity index (χ0) is 19.2. The Morgan fingerprint density at radius 2 is 1.67 bits per heavy atom. The Bertz CT molecular complexity index is 895. The van der Waals surface area contributed by atoms with Gasteiger partial charge in [0.2, 0.25) is 5.95 Å². The lowest BCUT2D eigenvalue weighted by Gasteiger charge is -2.13. The maximum atomic E-state index is 5.41. The van der Waals surface area contributed by atoms with Crippen LogP contribution in [0.3, 0.4) is 0 Å². The van der Waals surface area contributed by atoms with Crippen LogP contribution in [0.2, 0.25) is 0 Å². The van der Waals surface area contributed by atoms with Crippen molar-refractivity contribution in [2.24, 2.45) is 0 Å². The largest absolute Gasteiger partial charge is 0.497 e. The molecule has 0 saturated carbocycles. The molecule has 0 aliphatic rings. The van der Waals surface area contributed by atoms with Gasteiger partial charge >= 0.3 is 0 Å². The molecule has 6 nitrogen and oxygen atoms in total. The van der Waals surface area contributed by atoms with Gasteiger partial charge in [-0.2, -0.15) is 4.98 Å². The van der Waals surface area contributed by atoms with Crippen LogP contribution in [0.4, 0.5) is 23.1 Å². The topological polar surface area (TPSA) is 68.3 Å². The predicted molar refractivity (Wildman–Crippen MR) is 109 cm³/mol. The smallest absolute Gasteiger partial charge is 0.229 e. The van der Waals surface area contributed by atoms with Gasteiger partial charge in [0, 0.05) is 18.0 Å². The van der Waals surface area contributed by atoms with Crippen LogP contribution in [0.5, 0.6) is 11.5 Å². The minimum absolute atomic E-state index is 0.502. The van der Waals surface area contributed by atoms with Gasteiger partial charge in [0.05, 0.1) is 19.9 Å². The molecule has 2 N–H and O–H groups in total. The summed E-state index contributed by atoms with van der Waals surface area (Å²) in [6.07, 6.45) is 1.70. The first-order valence-corrected chi connectivity index (χ1v) is 8.78. The van der Waals surface area contributed by atoms with Gasteiger partial charge < -0.3 is 20.1 Å². The molecular formula is C21H24N4O2. The van der Waals surface area contributed by atoms with Crippen LogP contribution in [0, 0.1) is 0 Å². The van der Waals surface area contributed by atoms with Crippen LogP contribution in [-0.2, 0) is 0 Å². The van der Waals surface area contributed by atoms with Crippen molar-refractivity contribution in [3.05, 3.63) is 60.3 Å². The fourth-order valence-electron chi connectivity index (χ4n) is 2.61. The van der Waals surface area contributed by atoms with E-state index < -0.39 is 0 Å². The van der Waals surface area contributed by atoms with Gasteiger partial charge in [0.15, 0.2) is 0 Å². The van der Waals surface area contributed by atoms with Crippen molar-refractivity contribution in [2.75, 3.05) is 24.9 Å². The van der Waals surface area contributed by atoms with Crippen molar-refractivity contribution in [1.82, 2.24) is 9.97 Å². The molecule has 1 heterocycles. The Kier molecular flexibility index (Phi) is 5.76. The fraction of sp³-hybridized carbons (Fsp3) is 0.238. The number of anilines is 4. The maximum absolute atomic E-state index is 5.41. The summed E-state index contributed by atoms with van der Waals surface area (Å²) in [4.78, 5) is 8.81. The van der Waals surface area contributed by atoms with Crippen molar-refractivity contribution in [1.29, 1.82) is 0 Å². The minimum Gasteiger partial charge on any atom is -0.497 e. The molecule has 0 radical (unpaired) electrons. The maximum Gasteiger partial charge on any atom is 0.229 e. The zero-order valence-electron chi connectivity index (χ0n) is 16.0. The van der Waals surface area contributed by atoms with E-state index in [0.29, 0.717) is 23.4 Å².